The molecule has 8 heteroatoms. The molecule has 2 heterocycles. The molecule has 0 bridgehead atoms. The number of alkyl halides is 2. The van der Waals surface area contributed by atoms with Gasteiger partial charge in [0, 0.05) is 18.9 Å². The molecule has 0 fully saturated rings. The molecular weight excluding hydrogens is 232 g/mol. The van der Waals surface area contributed by atoms with E-state index in [0.717, 1.165) is 0 Å². The maximum absolute atomic E-state index is 12.1. The summed E-state index contributed by atoms with van der Waals surface area (Å²) in [5.41, 5.74) is 0.437. The van der Waals surface area contributed by atoms with Gasteiger partial charge in [-0.3, -0.25) is 4.40 Å². The van der Waals surface area contributed by atoms with Crippen molar-refractivity contribution >= 4 is 11.5 Å². The Bertz CT molecular complexity index is 515. The average molecular weight is 243 g/mol. The number of hydrogen-bond acceptors (Lipinski definition) is 5. The molecule has 0 aliphatic carbocycles. The van der Waals surface area contributed by atoms with Gasteiger partial charge in [-0.15, -0.1) is 10.2 Å². The molecule has 0 saturated heterocycles. The Labute approximate surface area is 95.3 Å². The van der Waals surface area contributed by atoms with Crippen LogP contribution >= 0.6 is 0 Å². The van der Waals surface area contributed by atoms with Gasteiger partial charge in [-0.1, -0.05) is 0 Å². The topological polar surface area (TPSA) is 75.3 Å². The molecule has 1 unspecified atom stereocenters. The largest absolute Gasteiger partial charge is 0.385 e. The molecular formula is C9H11F2N5O. The summed E-state index contributed by atoms with van der Waals surface area (Å²) in [6, 6.07) is 0. The van der Waals surface area contributed by atoms with Gasteiger partial charge in [-0.25, -0.2) is 13.8 Å². The molecule has 1 atom stereocenters. The predicted octanol–water partition coefficient (Wildman–Crippen LogP) is 0.471. The average Bonchev–Trinajstić information content (AvgIpc) is 2.69. The van der Waals surface area contributed by atoms with E-state index in [1.165, 1.54) is 6.20 Å². The number of nitrogens with zero attached hydrogens (tertiary/aromatic N) is 4. The highest BCUT2D eigenvalue weighted by Crippen LogP contribution is 2.12. The third-order valence-corrected chi connectivity index (χ3v) is 2.27. The maximum Gasteiger partial charge on any atom is 0.265 e. The van der Waals surface area contributed by atoms with Crippen molar-refractivity contribution in [1.29, 1.82) is 0 Å². The summed E-state index contributed by atoms with van der Waals surface area (Å²) in [6.07, 6.45) is -1.36. The third-order valence-electron chi connectivity index (χ3n) is 2.27. The molecule has 0 aliphatic heterocycles. The van der Waals surface area contributed by atoms with Crippen LogP contribution in [-0.4, -0.2) is 43.8 Å². The van der Waals surface area contributed by atoms with E-state index in [0.29, 0.717) is 17.3 Å². The highest BCUT2D eigenvalue weighted by atomic mass is 19.3. The molecule has 2 aromatic heterocycles. The number of aliphatic hydroxyl groups is 1. The van der Waals surface area contributed by atoms with Gasteiger partial charge in [0.2, 0.25) is 5.65 Å². The van der Waals surface area contributed by atoms with Crippen LogP contribution in [0.2, 0.25) is 0 Å². The van der Waals surface area contributed by atoms with Gasteiger partial charge in [-0.2, -0.15) is 0 Å². The number of halogens is 2. The molecule has 92 valence electrons. The van der Waals surface area contributed by atoms with E-state index in [1.54, 1.807) is 17.5 Å². The van der Waals surface area contributed by atoms with Crippen molar-refractivity contribution in [1.82, 2.24) is 19.6 Å². The normalized spacial score (nSPS) is 13.2. The van der Waals surface area contributed by atoms with E-state index < -0.39 is 12.5 Å². The number of aliphatic hydroxyl groups excluding tert-OH is 1. The minimum Gasteiger partial charge on any atom is -0.385 e. The maximum atomic E-state index is 12.1. The standard InChI is InChI=1S/C9H11F2N5O/c1-5-14-15-9-8(12-2-3-16(5)9)13-4-6(17)7(10)11/h2-3,6-7,17H,4H2,1H3,(H,12,13). The summed E-state index contributed by atoms with van der Waals surface area (Å²) < 4.78 is 25.9. The number of aromatic nitrogens is 4. The van der Waals surface area contributed by atoms with Crippen LogP contribution in [-0.2, 0) is 0 Å². The van der Waals surface area contributed by atoms with Crippen LogP contribution < -0.4 is 5.32 Å². The minimum atomic E-state index is -2.79. The van der Waals surface area contributed by atoms with Gasteiger partial charge in [0.05, 0.1) is 0 Å². The van der Waals surface area contributed by atoms with Gasteiger partial charge in [0.1, 0.15) is 11.9 Å². The Balaban J connectivity index is 2.19. The fourth-order valence-electron chi connectivity index (χ4n) is 1.36. The number of rotatable bonds is 4. The van der Waals surface area contributed by atoms with E-state index in [1.807, 2.05) is 0 Å². The van der Waals surface area contributed by atoms with E-state index in [-0.39, 0.29) is 6.54 Å². The van der Waals surface area contributed by atoms with Crippen molar-refractivity contribution in [2.24, 2.45) is 0 Å². The van der Waals surface area contributed by atoms with Crippen molar-refractivity contribution in [3.05, 3.63) is 18.2 Å². The Morgan fingerprint density at radius 3 is 2.94 bits per heavy atom. The highest BCUT2D eigenvalue weighted by Gasteiger charge is 2.17. The molecule has 0 radical (unpaired) electrons. The van der Waals surface area contributed by atoms with Crippen LogP contribution in [0.3, 0.4) is 0 Å². The summed E-state index contributed by atoms with van der Waals surface area (Å²) in [5, 5.41) is 19.3. The zero-order chi connectivity index (χ0) is 12.4. The highest BCUT2D eigenvalue weighted by molar-refractivity contribution is 5.61. The molecule has 0 spiro atoms. The quantitative estimate of drug-likeness (QED) is 0.816. The molecule has 0 aliphatic rings. The van der Waals surface area contributed by atoms with Crippen molar-refractivity contribution < 1.29 is 13.9 Å². The Kier molecular flexibility index (Phi) is 3.14. The molecule has 17 heavy (non-hydrogen) atoms. The Morgan fingerprint density at radius 1 is 1.47 bits per heavy atom. The van der Waals surface area contributed by atoms with Gasteiger partial charge >= 0.3 is 0 Å². The first-order valence-corrected chi connectivity index (χ1v) is 4.96. The lowest BCUT2D eigenvalue weighted by atomic mass is 10.3. The number of hydrogen-bond donors (Lipinski definition) is 2. The number of nitrogens with one attached hydrogen (secondary N) is 1. The monoisotopic (exact) mass is 243 g/mol. The van der Waals surface area contributed by atoms with Crippen molar-refractivity contribution in [2.75, 3.05) is 11.9 Å². The van der Waals surface area contributed by atoms with Crippen LogP contribution in [0.1, 0.15) is 5.82 Å². The first-order chi connectivity index (χ1) is 8.09. The van der Waals surface area contributed by atoms with Gasteiger partial charge < -0.3 is 10.4 Å². The van der Waals surface area contributed by atoms with Gasteiger partial charge in [0.25, 0.3) is 6.43 Å². The summed E-state index contributed by atoms with van der Waals surface area (Å²) in [5.74, 6) is 0.979. The second-order valence-corrected chi connectivity index (χ2v) is 3.50. The first-order valence-electron chi connectivity index (χ1n) is 4.96. The van der Waals surface area contributed by atoms with Crippen molar-refractivity contribution in [2.45, 2.75) is 19.5 Å². The Morgan fingerprint density at radius 2 is 2.24 bits per heavy atom. The second kappa shape index (κ2) is 4.58. The molecule has 0 aromatic carbocycles. The van der Waals surface area contributed by atoms with Crippen LogP contribution in [0.4, 0.5) is 14.6 Å². The van der Waals surface area contributed by atoms with Crippen LogP contribution in [0, 0.1) is 6.92 Å². The smallest absolute Gasteiger partial charge is 0.265 e. The lowest BCUT2D eigenvalue weighted by Gasteiger charge is -2.11. The molecule has 6 nitrogen and oxygen atoms in total. The molecule has 0 saturated carbocycles. The van der Waals surface area contributed by atoms with Crippen LogP contribution in [0.25, 0.3) is 5.65 Å². The number of aryl methyl sites for hydroxylation is 1. The van der Waals surface area contributed by atoms with E-state index in [9.17, 15) is 8.78 Å². The first kappa shape index (κ1) is 11.6. The zero-order valence-electron chi connectivity index (χ0n) is 9.01. The van der Waals surface area contributed by atoms with E-state index >= 15 is 0 Å². The summed E-state index contributed by atoms with van der Waals surface area (Å²) in [7, 11) is 0. The molecule has 0 amide bonds. The van der Waals surface area contributed by atoms with Gasteiger partial charge in [-0.05, 0) is 6.92 Å². The fourth-order valence-corrected chi connectivity index (χ4v) is 1.36. The van der Waals surface area contributed by atoms with Gasteiger partial charge in [0.15, 0.2) is 5.82 Å². The minimum absolute atomic E-state index is 0.295. The molecule has 2 aromatic rings. The Hall–Kier alpha value is -1.83. The lowest BCUT2D eigenvalue weighted by Crippen LogP contribution is -2.27. The fraction of sp³-hybridized carbons (Fsp3) is 0.444. The van der Waals surface area contributed by atoms with E-state index in [4.69, 9.17) is 5.11 Å². The summed E-state index contributed by atoms with van der Waals surface area (Å²) in [6.45, 7) is 1.47. The van der Waals surface area contributed by atoms with Crippen molar-refractivity contribution in [3.8, 4) is 0 Å². The molecule has 2 N–H and O–H groups in total. The van der Waals surface area contributed by atoms with Crippen LogP contribution in [0.5, 0.6) is 0 Å². The number of anilines is 1. The van der Waals surface area contributed by atoms with E-state index in [2.05, 4.69) is 20.5 Å². The molecule has 2 rings (SSSR count). The van der Waals surface area contributed by atoms with Crippen molar-refractivity contribution in [3.63, 3.8) is 0 Å². The third kappa shape index (κ3) is 2.31. The SMILES string of the molecule is Cc1nnc2c(NCC(O)C(F)F)nccn12. The predicted molar refractivity (Wildman–Crippen MR) is 56.0 cm³/mol. The lowest BCUT2D eigenvalue weighted by molar-refractivity contribution is 0.00381. The zero-order valence-corrected chi connectivity index (χ0v) is 9.01. The number of fused-ring (bicyclic) bond motifs is 1. The second-order valence-electron chi connectivity index (χ2n) is 3.50. The van der Waals surface area contributed by atoms with Crippen LogP contribution in [0.15, 0.2) is 12.4 Å². The summed E-state index contributed by atoms with van der Waals surface area (Å²) >= 11 is 0. The summed E-state index contributed by atoms with van der Waals surface area (Å²) in [4.78, 5) is 3.96.